The molecule has 2 aliphatic rings. The van der Waals surface area contributed by atoms with Crippen molar-refractivity contribution in [2.45, 2.75) is 50.4 Å². The second kappa shape index (κ2) is 10.0. The van der Waals surface area contributed by atoms with Gasteiger partial charge in [0, 0.05) is 25.4 Å². The quantitative estimate of drug-likeness (QED) is 0.591. The van der Waals surface area contributed by atoms with Gasteiger partial charge in [0.2, 0.25) is 0 Å². The van der Waals surface area contributed by atoms with Gasteiger partial charge in [0.15, 0.2) is 0 Å². The Kier molecular flexibility index (Phi) is 7.48. The van der Waals surface area contributed by atoms with Gasteiger partial charge in [-0.05, 0) is 43.2 Å². The SMILES string of the molecule is O=C(O)CCC1CC[C@@H]2[C@@H](/C=C/[C@@H](O)COc3ccccc3)[C@H](O)C[C@@H]2OC1. The van der Waals surface area contributed by atoms with Gasteiger partial charge in [-0.15, -0.1) is 0 Å². The highest BCUT2D eigenvalue weighted by molar-refractivity contribution is 5.66. The lowest BCUT2D eigenvalue weighted by Gasteiger charge is -2.21. The van der Waals surface area contributed by atoms with E-state index in [1.165, 1.54) is 0 Å². The van der Waals surface area contributed by atoms with E-state index in [2.05, 4.69) is 0 Å². The van der Waals surface area contributed by atoms with Crippen molar-refractivity contribution in [1.29, 1.82) is 0 Å². The van der Waals surface area contributed by atoms with Crippen molar-refractivity contribution in [2.75, 3.05) is 13.2 Å². The number of hydrogen-bond acceptors (Lipinski definition) is 5. The molecular formula is C22H30O6. The molecule has 28 heavy (non-hydrogen) atoms. The normalized spacial score (nSPS) is 31.3. The van der Waals surface area contributed by atoms with Gasteiger partial charge in [-0.25, -0.2) is 0 Å². The first-order valence-corrected chi connectivity index (χ1v) is 10.1. The zero-order chi connectivity index (χ0) is 19.9. The molecular weight excluding hydrogens is 360 g/mol. The zero-order valence-corrected chi connectivity index (χ0v) is 16.0. The van der Waals surface area contributed by atoms with Gasteiger partial charge in [0.05, 0.1) is 12.2 Å². The van der Waals surface area contributed by atoms with Crippen LogP contribution in [-0.2, 0) is 9.53 Å². The number of fused-ring (bicyclic) bond motifs is 1. The van der Waals surface area contributed by atoms with Gasteiger partial charge < -0.3 is 24.8 Å². The molecule has 1 aliphatic heterocycles. The third-order valence-electron chi connectivity index (χ3n) is 5.83. The number of carbonyl (C=O) groups is 1. The standard InChI is InChI=1S/C22H30O6/c23-16(14-27-17-4-2-1-3-5-17)8-10-18-19-9-6-15(7-11-22(25)26)13-28-21(19)12-20(18)24/h1-5,8,10,15-16,18-21,23-24H,6-7,9,11-14H2,(H,25,26)/b10-8+/t15?,16-,18-,19-,20-,21+/m1/s1. The molecule has 3 N–H and O–H groups in total. The van der Waals surface area contributed by atoms with Gasteiger partial charge in [-0.3, -0.25) is 4.79 Å². The molecule has 3 rings (SSSR count). The molecule has 154 valence electrons. The van der Waals surface area contributed by atoms with Crippen LogP contribution >= 0.6 is 0 Å². The number of carboxylic acids is 1. The first-order chi connectivity index (χ1) is 13.5. The summed E-state index contributed by atoms with van der Waals surface area (Å²) < 4.78 is 11.6. The Bertz CT molecular complexity index is 646. The van der Waals surface area contributed by atoms with Crippen LogP contribution in [0.3, 0.4) is 0 Å². The minimum atomic E-state index is -0.771. The summed E-state index contributed by atoms with van der Waals surface area (Å²) in [4.78, 5) is 10.8. The summed E-state index contributed by atoms with van der Waals surface area (Å²) in [6, 6.07) is 9.34. The van der Waals surface area contributed by atoms with Crippen molar-refractivity contribution in [3.63, 3.8) is 0 Å². The van der Waals surface area contributed by atoms with E-state index in [0.29, 0.717) is 25.2 Å². The molecule has 6 atom stereocenters. The van der Waals surface area contributed by atoms with Crippen LogP contribution in [-0.4, -0.2) is 52.8 Å². The van der Waals surface area contributed by atoms with E-state index >= 15 is 0 Å². The van der Waals surface area contributed by atoms with E-state index in [-0.39, 0.29) is 36.9 Å². The average molecular weight is 390 g/mol. The molecule has 2 fully saturated rings. The first kappa shape index (κ1) is 20.8. The fourth-order valence-electron chi connectivity index (χ4n) is 4.28. The third-order valence-corrected chi connectivity index (χ3v) is 5.83. The molecule has 1 heterocycles. The minimum Gasteiger partial charge on any atom is -0.491 e. The topological polar surface area (TPSA) is 96.2 Å². The summed E-state index contributed by atoms with van der Waals surface area (Å²) in [5, 5.41) is 29.5. The van der Waals surface area contributed by atoms with Crippen LogP contribution in [0.4, 0.5) is 0 Å². The van der Waals surface area contributed by atoms with E-state index in [1.807, 2.05) is 36.4 Å². The number of carboxylic acid groups (broad SMARTS) is 1. The van der Waals surface area contributed by atoms with Crippen molar-refractivity contribution in [3.05, 3.63) is 42.5 Å². The molecule has 1 saturated carbocycles. The predicted molar refractivity (Wildman–Crippen MR) is 104 cm³/mol. The van der Waals surface area contributed by atoms with Crippen LogP contribution in [0.5, 0.6) is 5.75 Å². The lowest BCUT2D eigenvalue weighted by Crippen LogP contribution is -2.22. The minimum absolute atomic E-state index is 0.00260. The monoisotopic (exact) mass is 390 g/mol. The van der Waals surface area contributed by atoms with E-state index < -0.39 is 18.2 Å². The number of aliphatic carboxylic acids is 1. The Hall–Kier alpha value is -1.89. The summed E-state index contributed by atoms with van der Waals surface area (Å²) in [5.74, 6) is 0.333. The molecule has 0 bridgehead atoms. The molecule has 0 aromatic heterocycles. The fourth-order valence-corrected chi connectivity index (χ4v) is 4.28. The Morgan fingerprint density at radius 3 is 2.82 bits per heavy atom. The van der Waals surface area contributed by atoms with Gasteiger partial charge >= 0.3 is 5.97 Å². The van der Waals surface area contributed by atoms with Crippen LogP contribution in [0.2, 0.25) is 0 Å². The largest absolute Gasteiger partial charge is 0.491 e. The summed E-state index contributed by atoms with van der Waals surface area (Å²) >= 11 is 0. The summed E-state index contributed by atoms with van der Waals surface area (Å²) in [7, 11) is 0. The van der Waals surface area contributed by atoms with E-state index in [0.717, 1.165) is 12.8 Å². The number of rotatable bonds is 8. The molecule has 1 unspecified atom stereocenters. The van der Waals surface area contributed by atoms with Crippen molar-refractivity contribution >= 4 is 5.97 Å². The number of para-hydroxylation sites is 1. The third kappa shape index (κ3) is 5.80. The van der Waals surface area contributed by atoms with Gasteiger partial charge in [0.1, 0.15) is 18.5 Å². The summed E-state index contributed by atoms with van der Waals surface area (Å²) in [6.45, 7) is 0.719. The van der Waals surface area contributed by atoms with Crippen LogP contribution in [0.25, 0.3) is 0 Å². The second-order valence-corrected chi connectivity index (χ2v) is 7.87. The zero-order valence-electron chi connectivity index (χ0n) is 16.0. The van der Waals surface area contributed by atoms with E-state index in [1.54, 1.807) is 6.08 Å². The predicted octanol–water partition coefficient (Wildman–Crippen LogP) is 2.64. The molecule has 1 aromatic rings. The Morgan fingerprint density at radius 2 is 2.07 bits per heavy atom. The molecule has 0 amide bonds. The lowest BCUT2D eigenvalue weighted by molar-refractivity contribution is -0.137. The maximum atomic E-state index is 10.8. The smallest absolute Gasteiger partial charge is 0.303 e. The molecule has 6 heteroatoms. The molecule has 6 nitrogen and oxygen atoms in total. The second-order valence-electron chi connectivity index (χ2n) is 7.87. The maximum absolute atomic E-state index is 10.8. The number of aliphatic hydroxyl groups is 2. The van der Waals surface area contributed by atoms with E-state index in [4.69, 9.17) is 14.6 Å². The van der Waals surface area contributed by atoms with Crippen LogP contribution in [0.1, 0.15) is 32.1 Å². The van der Waals surface area contributed by atoms with Crippen LogP contribution < -0.4 is 4.74 Å². The molecule has 1 aliphatic carbocycles. The number of ether oxygens (including phenoxy) is 2. The average Bonchev–Trinajstić information content (AvgIpc) is 2.85. The fraction of sp³-hybridized carbons (Fsp3) is 0.591. The highest BCUT2D eigenvalue weighted by atomic mass is 16.5. The van der Waals surface area contributed by atoms with Crippen LogP contribution in [0.15, 0.2) is 42.5 Å². The Morgan fingerprint density at radius 1 is 1.29 bits per heavy atom. The Labute approximate surface area is 165 Å². The number of aliphatic hydroxyl groups excluding tert-OH is 2. The van der Waals surface area contributed by atoms with Crippen molar-refractivity contribution in [3.8, 4) is 5.75 Å². The maximum Gasteiger partial charge on any atom is 0.303 e. The molecule has 0 radical (unpaired) electrons. The molecule has 1 aromatic carbocycles. The highest BCUT2D eigenvalue weighted by Gasteiger charge is 2.43. The number of hydrogen-bond donors (Lipinski definition) is 3. The molecule has 1 saturated heterocycles. The van der Waals surface area contributed by atoms with Crippen molar-refractivity contribution in [1.82, 2.24) is 0 Å². The first-order valence-electron chi connectivity index (χ1n) is 10.1. The van der Waals surface area contributed by atoms with Crippen molar-refractivity contribution in [2.24, 2.45) is 17.8 Å². The summed E-state index contributed by atoms with van der Waals surface area (Å²) in [5.41, 5.74) is 0. The van der Waals surface area contributed by atoms with Gasteiger partial charge in [-0.2, -0.15) is 0 Å². The van der Waals surface area contributed by atoms with Gasteiger partial charge in [-0.1, -0.05) is 30.4 Å². The van der Waals surface area contributed by atoms with E-state index in [9.17, 15) is 15.0 Å². The lowest BCUT2D eigenvalue weighted by atomic mass is 9.86. The van der Waals surface area contributed by atoms with Gasteiger partial charge in [0.25, 0.3) is 0 Å². The molecule has 0 spiro atoms. The summed E-state index contributed by atoms with van der Waals surface area (Å²) in [6.07, 6.45) is 5.56. The van der Waals surface area contributed by atoms with Crippen molar-refractivity contribution < 1.29 is 29.6 Å². The van der Waals surface area contributed by atoms with Crippen LogP contribution in [0, 0.1) is 17.8 Å². The number of benzene rings is 1. The highest BCUT2D eigenvalue weighted by Crippen LogP contribution is 2.41. The Balaban J connectivity index is 1.51.